The number of carbonyl (C=O) groups excluding carboxylic acids is 1. The number of carbonyl (C=O) groups is 1. The van der Waals surface area contributed by atoms with Crippen molar-refractivity contribution in [2.24, 2.45) is 0 Å². The summed E-state index contributed by atoms with van der Waals surface area (Å²) < 4.78 is 49.9. The fraction of sp³-hybridized carbons (Fsp3) is 0.188. The van der Waals surface area contributed by atoms with E-state index < -0.39 is 11.7 Å². The lowest BCUT2D eigenvalue weighted by molar-refractivity contribution is -0.137. The van der Waals surface area contributed by atoms with Crippen LogP contribution in [0.3, 0.4) is 0 Å². The number of Topliss-reactive ketones (excluding diaryl/α,β-unsaturated/α-hetero) is 1. The van der Waals surface area contributed by atoms with E-state index in [0.717, 1.165) is 17.7 Å². The van der Waals surface area contributed by atoms with Gasteiger partial charge in [0.05, 0.1) is 5.56 Å². The fourth-order valence-electron chi connectivity index (χ4n) is 1.90. The van der Waals surface area contributed by atoms with Gasteiger partial charge in [-0.15, -0.1) is 0 Å². The topological polar surface area (TPSA) is 17.1 Å². The Labute approximate surface area is 119 Å². The Morgan fingerprint density at radius 2 is 1.48 bits per heavy atom. The molecule has 0 heterocycles. The van der Waals surface area contributed by atoms with E-state index in [2.05, 4.69) is 0 Å². The maximum atomic E-state index is 12.7. The Morgan fingerprint density at radius 3 is 2.00 bits per heavy atom. The van der Waals surface area contributed by atoms with Crippen LogP contribution in [-0.4, -0.2) is 5.78 Å². The lowest BCUT2D eigenvalue weighted by Gasteiger charge is -2.07. The number of rotatable bonds is 4. The van der Waals surface area contributed by atoms with Crippen LogP contribution in [-0.2, 0) is 12.6 Å². The van der Waals surface area contributed by atoms with Gasteiger partial charge in [-0.25, -0.2) is 4.39 Å². The zero-order valence-electron chi connectivity index (χ0n) is 11.0. The van der Waals surface area contributed by atoms with Crippen molar-refractivity contribution in [3.63, 3.8) is 0 Å². The molecule has 1 nitrogen and oxygen atoms in total. The Morgan fingerprint density at radius 1 is 0.905 bits per heavy atom. The number of benzene rings is 2. The van der Waals surface area contributed by atoms with Crippen LogP contribution in [0, 0.1) is 5.82 Å². The van der Waals surface area contributed by atoms with Gasteiger partial charge < -0.3 is 0 Å². The maximum absolute atomic E-state index is 12.7. The highest BCUT2D eigenvalue weighted by molar-refractivity contribution is 5.96. The second-order valence-corrected chi connectivity index (χ2v) is 4.62. The van der Waals surface area contributed by atoms with E-state index in [9.17, 15) is 22.4 Å². The third-order valence-electron chi connectivity index (χ3n) is 3.09. The van der Waals surface area contributed by atoms with Crippen LogP contribution in [0.1, 0.15) is 27.9 Å². The number of halogens is 4. The Kier molecular flexibility index (Phi) is 4.40. The van der Waals surface area contributed by atoms with Crippen molar-refractivity contribution in [1.29, 1.82) is 0 Å². The minimum Gasteiger partial charge on any atom is -0.294 e. The summed E-state index contributed by atoms with van der Waals surface area (Å²) in [6, 6.07) is 9.91. The third kappa shape index (κ3) is 4.15. The van der Waals surface area contributed by atoms with Crippen LogP contribution in [0.15, 0.2) is 48.5 Å². The fourth-order valence-corrected chi connectivity index (χ4v) is 1.90. The summed E-state index contributed by atoms with van der Waals surface area (Å²) in [5, 5.41) is 0. The van der Waals surface area contributed by atoms with Gasteiger partial charge in [-0.1, -0.05) is 24.3 Å². The Hall–Kier alpha value is -2.17. The van der Waals surface area contributed by atoms with Gasteiger partial charge >= 0.3 is 6.18 Å². The van der Waals surface area contributed by atoms with Crippen molar-refractivity contribution in [3.05, 3.63) is 71.0 Å². The van der Waals surface area contributed by atoms with Gasteiger partial charge in [-0.05, 0) is 36.2 Å². The molecule has 0 fully saturated rings. The molecule has 0 spiro atoms. The highest BCUT2D eigenvalue weighted by Crippen LogP contribution is 2.29. The Balaban J connectivity index is 1.99. The van der Waals surface area contributed by atoms with Gasteiger partial charge in [0.1, 0.15) is 5.82 Å². The summed E-state index contributed by atoms with van der Waals surface area (Å²) in [6.45, 7) is 0. The molecular weight excluding hydrogens is 284 g/mol. The molecule has 0 amide bonds. The van der Waals surface area contributed by atoms with Gasteiger partial charge in [0.15, 0.2) is 5.78 Å². The highest BCUT2D eigenvalue weighted by atomic mass is 19.4. The summed E-state index contributed by atoms with van der Waals surface area (Å²) in [6.07, 6.45) is -3.83. The molecule has 110 valence electrons. The van der Waals surface area contributed by atoms with Gasteiger partial charge in [0.25, 0.3) is 0 Å². The summed E-state index contributed by atoms with van der Waals surface area (Å²) in [7, 11) is 0. The quantitative estimate of drug-likeness (QED) is 0.592. The average molecular weight is 296 g/mol. The van der Waals surface area contributed by atoms with Gasteiger partial charge in [0.2, 0.25) is 0 Å². The predicted molar refractivity (Wildman–Crippen MR) is 70.5 cm³/mol. The molecule has 0 unspecified atom stereocenters. The molecule has 2 rings (SSSR count). The lowest BCUT2D eigenvalue weighted by atomic mass is 10.0. The molecule has 2 aromatic carbocycles. The van der Waals surface area contributed by atoms with Crippen molar-refractivity contribution in [3.8, 4) is 0 Å². The van der Waals surface area contributed by atoms with Crippen LogP contribution in [0.5, 0.6) is 0 Å². The second kappa shape index (κ2) is 6.08. The van der Waals surface area contributed by atoms with E-state index >= 15 is 0 Å². The van der Waals surface area contributed by atoms with Crippen LogP contribution in [0.4, 0.5) is 17.6 Å². The molecule has 2 aromatic rings. The first-order valence-electron chi connectivity index (χ1n) is 6.31. The number of aryl methyl sites for hydroxylation is 1. The Bertz CT molecular complexity index is 612. The molecule has 21 heavy (non-hydrogen) atoms. The van der Waals surface area contributed by atoms with Crippen molar-refractivity contribution in [2.75, 3.05) is 0 Å². The molecule has 0 aliphatic heterocycles. The van der Waals surface area contributed by atoms with Crippen molar-refractivity contribution >= 4 is 5.78 Å². The first kappa shape index (κ1) is 15.2. The molecule has 5 heteroatoms. The van der Waals surface area contributed by atoms with Crippen molar-refractivity contribution in [1.82, 2.24) is 0 Å². The maximum Gasteiger partial charge on any atom is 0.416 e. The molecule has 0 aliphatic carbocycles. The third-order valence-corrected chi connectivity index (χ3v) is 3.09. The van der Waals surface area contributed by atoms with Crippen LogP contribution >= 0.6 is 0 Å². The van der Waals surface area contributed by atoms with E-state index in [0.29, 0.717) is 6.42 Å². The molecule has 0 bridgehead atoms. The molecule has 0 N–H and O–H groups in total. The monoisotopic (exact) mass is 296 g/mol. The van der Waals surface area contributed by atoms with Crippen molar-refractivity contribution in [2.45, 2.75) is 19.0 Å². The molecule has 0 saturated carbocycles. The second-order valence-electron chi connectivity index (χ2n) is 4.62. The predicted octanol–water partition coefficient (Wildman–Crippen LogP) is 4.66. The summed E-state index contributed by atoms with van der Waals surface area (Å²) in [5.41, 5.74) is 0.263. The van der Waals surface area contributed by atoms with E-state index in [4.69, 9.17) is 0 Å². The van der Waals surface area contributed by atoms with Crippen LogP contribution in [0.25, 0.3) is 0 Å². The first-order chi connectivity index (χ1) is 9.86. The highest BCUT2D eigenvalue weighted by Gasteiger charge is 2.30. The van der Waals surface area contributed by atoms with Crippen LogP contribution in [0.2, 0.25) is 0 Å². The smallest absolute Gasteiger partial charge is 0.294 e. The lowest BCUT2D eigenvalue weighted by Crippen LogP contribution is -2.06. The normalized spacial score (nSPS) is 11.4. The molecule has 0 saturated heterocycles. The number of alkyl halides is 3. The minimum atomic E-state index is -4.41. The zero-order chi connectivity index (χ0) is 15.5. The molecular formula is C16H12F4O. The number of hydrogen-bond acceptors (Lipinski definition) is 1. The first-order valence-corrected chi connectivity index (χ1v) is 6.31. The van der Waals surface area contributed by atoms with E-state index in [1.807, 2.05) is 0 Å². The van der Waals surface area contributed by atoms with Gasteiger partial charge in [0, 0.05) is 12.0 Å². The molecule has 0 aliphatic rings. The molecule has 0 radical (unpaired) electrons. The molecule has 0 aromatic heterocycles. The van der Waals surface area contributed by atoms with Gasteiger partial charge in [-0.3, -0.25) is 4.79 Å². The van der Waals surface area contributed by atoms with Gasteiger partial charge in [-0.2, -0.15) is 13.2 Å². The average Bonchev–Trinajstić information content (AvgIpc) is 2.45. The van der Waals surface area contributed by atoms with Crippen LogP contribution < -0.4 is 0 Å². The minimum absolute atomic E-state index is 0.164. The summed E-state index contributed by atoms with van der Waals surface area (Å²) in [5.74, 6) is -0.596. The number of ketones is 1. The van der Waals surface area contributed by atoms with Crippen molar-refractivity contribution < 1.29 is 22.4 Å². The molecule has 0 atom stereocenters. The number of hydrogen-bond donors (Lipinski definition) is 0. The van der Waals surface area contributed by atoms with E-state index in [1.54, 1.807) is 12.1 Å². The van der Waals surface area contributed by atoms with E-state index in [-0.39, 0.29) is 23.6 Å². The summed E-state index contributed by atoms with van der Waals surface area (Å²) >= 11 is 0. The van der Waals surface area contributed by atoms with E-state index in [1.165, 1.54) is 24.3 Å². The largest absolute Gasteiger partial charge is 0.416 e. The zero-order valence-corrected chi connectivity index (χ0v) is 11.0. The summed E-state index contributed by atoms with van der Waals surface area (Å²) in [4.78, 5) is 11.9. The standard InChI is InChI=1S/C16H12F4O/c17-14-8-1-11(2-9-14)3-10-15(21)12-4-6-13(7-5-12)16(18,19)20/h1-2,4-9H,3,10H2. The SMILES string of the molecule is O=C(CCc1ccc(F)cc1)c1ccc(C(F)(F)F)cc1.